The van der Waals surface area contributed by atoms with Gasteiger partial charge in [0.1, 0.15) is 11.8 Å². The Morgan fingerprint density at radius 3 is 2.58 bits per heavy atom. The zero-order valence-electron chi connectivity index (χ0n) is 10.2. The van der Waals surface area contributed by atoms with E-state index in [2.05, 4.69) is 6.07 Å². The van der Waals surface area contributed by atoms with Gasteiger partial charge in [0, 0.05) is 15.7 Å². The fraction of sp³-hybridized carbons (Fsp3) is 0.133. The second-order valence-corrected chi connectivity index (χ2v) is 5.36. The Morgan fingerprint density at radius 1 is 1.11 bits per heavy atom. The van der Waals surface area contributed by atoms with Crippen molar-refractivity contribution in [2.24, 2.45) is 0 Å². The summed E-state index contributed by atoms with van der Waals surface area (Å²) in [5, 5.41) is 9.67. The molecule has 0 bridgehead atoms. The molecule has 0 fully saturated rings. The van der Waals surface area contributed by atoms with Gasteiger partial charge in [0.05, 0.1) is 12.2 Å². The van der Waals surface area contributed by atoms with E-state index in [0.29, 0.717) is 17.9 Å². The van der Waals surface area contributed by atoms with Crippen molar-refractivity contribution >= 4 is 23.4 Å². The summed E-state index contributed by atoms with van der Waals surface area (Å²) in [4.78, 5) is 1.15. The summed E-state index contributed by atoms with van der Waals surface area (Å²) in [5.41, 5.74) is 0.569. The topological polar surface area (TPSA) is 33.0 Å². The number of hydrogen-bond donors (Lipinski definition) is 0. The van der Waals surface area contributed by atoms with Crippen LogP contribution in [-0.2, 0) is 0 Å². The van der Waals surface area contributed by atoms with Crippen molar-refractivity contribution in [3.8, 4) is 11.8 Å². The summed E-state index contributed by atoms with van der Waals surface area (Å²) in [7, 11) is 0. The van der Waals surface area contributed by atoms with Crippen LogP contribution in [0.1, 0.15) is 5.56 Å². The standard InChI is InChI=1S/C15H12ClNOS/c16-13-5-7-14(8-6-13)19-10-9-18-15-4-2-1-3-12(15)11-17/h1-8H,9-10H2. The van der Waals surface area contributed by atoms with E-state index in [1.165, 1.54) is 0 Å². The van der Waals surface area contributed by atoms with Gasteiger partial charge in [-0.3, -0.25) is 0 Å². The van der Waals surface area contributed by atoms with E-state index in [1.807, 2.05) is 42.5 Å². The lowest BCUT2D eigenvalue weighted by Gasteiger charge is -2.07. The van der Waals surface area contributed by atoms with Gasteiger partial charge >= 0.3 is 0 Å². The fourth-order valence-corrected chi connectivity index (χ4v) is 2.38. The molecule has 2 rings (SSSR count). The van der Waals surface area contributed by atoms with Gasteiger partial charge in [-0.2, -0.15) is 5.26 Å². The smallest absolute Gasteiger partial charge is 0.137 e. The minimum Gasteiger partial charge on any atom is -0.491 e. The molecular weight excluding hydrogens is 278 g/mol. The Bertz CT molecular complexity index is 577. The molecule has 4 heteroatoms. The number of para-hydroxylation sites is 1. The molecule has 0 aliphatic carbocycles. The summed E-state index contributed by atoms with van der Waals surface area (Å²) >= 11 is 7.52. The van der Waals surface area contributed by atoms with Crippen molar-refractivity contribution < 1.29 is 4.74 Å². The third-order valence-electron chi connectivity index (χ3n) is 2.43. The largest absolute Gasteiger partial charge is 0.491 e. The van der Waals surface area contributed by atoms with Crippen LogP contribution in [0.3, 0.4) is 0 Å². The maximum atomic E-state index is 8.93. The molecule has 2 aromatic rings. The summed E-state index contributed by atoms with van der Waals surface area (Å²) in [6, 6.07) is 17.1. The van der Waals surface area contributed by atoms with Gasteiger partial charge in [-0.25, -0.2) is 0 Å². The van der Waals surface area contributed by atoms with E-state index in [0.717, 1.165) is 15.7 Å². The van der Waals surface area contributed by atoms with Crippen LogP contribution in [-0.4, -0.2) is 12.4 Å². The van der Waals surface area contributed by atoms with E-state index >= 15 is 0 Å². The molecule has 0 aliphatic rings. The predicted octanol–water partition coefficient (Wildman–Crippen LogP) is 4.38. The minimum absolute atomic E-state index is 0.561. The van der Waals surface area contributed by atoms with Crippen LogP contribution in [0.2, 0.25) is 5.02 Å². The average molecular weight is 290 g/mol. The second kappa shape index (κ2) is 7.08. The van der Waals surface area contributed by atoms with Crippen LogP contribution < -0.4 is 4.74 Å². The van der Waals surface area contributed by atoms with Crippen LogP contribution in [0.15, 0.2) is 53.4 Å². The Morgan fingerprint density at radius 2 is 1.84 bits per heavy atom. The quantitative estimate of drug-likeness (QED) is 0.605. The summed E-state index contributed by atoms with van der Waals surface area (Å²) in [6.45, 7) is 0.561. The maximum absolute atomic E-state index is 8.93. The van der Waals surface area contributed by atoms with E-state index in [1.54, 1.807) is 17.8 Å². The minimum atomic E-state index is 0.561. The van der Waals surface area contributed by atoms with Gasteiger partial charge in [0.15, 0.2) is 0 Å². The molecule has 0 aromatic heterocycles. The molecule has 19 heavy (non-hydrogen) atoms. The highest BCUT2D eigenvalue weighted by atomic mass is 35.5. The lowest BCUT2D eigenvalue weighted by atomic mass is 10.2. The first-order valence-corrected chi connectivity index (χ1v) is 7.16. The third kappa shape index (κ3) is 4.20. The van der Waals surface area contributed by atoms with Crippen LogP contribution in [0.25, 0.3) is 0 Å². The van der Waals surface area contributed by atoms with Gasteiger partial charge in [-0.05, 0) is 36.4 Å². The number of halogens is 1. The molecule has 0 saturated heterocycles. The highest BCUT2D eigenvalue weighted by Crippen LogP contribution is 2.21. The molecular formula is C15H12ClNOS. The Balaban J connectivity index is 1.81. The third-order valence-corrected chi connectivity index (χ3v) is 3.66. The van der Waals surface area contributed by atoms with E-state index < -0.39 is 0 Å². The van der Waals surface area contributed by atoms with Gasteiger partial charge < -0.3 is 4.74 Å². The van der Waals surface area contributed by atoms with Gasteiger partial charge in [0.25, 0.3) is 0 Å². The van der Waals surface area contributed by atoms with E-state index in [9.17, 15) is 0 Å². The predicted molar refractivity (Wildman–Crippen MR) is 78.8 cm³/mol. The number of benzene rings is 2. The Labute approximate surface area is 122 Å². The normalized spacial score (nSPS) is 9.89. The molecule has 0 amide bonds. The lowest BCUT2D eigenvalue weighted by molar-refractivity contribution is 0.343. The number of ether oxygens (including phenoxy) is 1. The van der Waals surface area contributed by atoms with Crippen LogP contribution in [0.5, 0.6) is 5.75 Å². The zero-order valence-corrected chi connectivity index (χ0v) is 11.7. The maximum Gasteiger partial charge on any atom is 0.137 e. The van der Waals surface area contributed by atoms with Crippen LogP contribution >= 0.6 is 23.4 Å². The molecule has 0 atom stereocenters. The molecule has 0 aliphatic heterocycles. The second-order valence-electron chi connectivity index (χ2n) is 3.76. The SMILES string of the molecule is N#Cc1ccccc1OCCSc1ccc(Cl)cc1. The van der Waals surface area contributed by atoms with Crippen molar-refractivity contribution in [3.63, 3.8) is 0 Å². The van der Waals surface area contributed by atoms with Crippen molar-refractivity contribution in [1.82, 2.24) is 0 Å². The van der Waals surface area contributed by atoms with Gasteiger partial charge in [-0.15, -0.1) is 11.8 Å². The van der Waals surface area contributed by atoms with Crippen LogP contribution in [0.4, 0.5) is 0 Å². The van der Waals surface area contributed by atoms with E-state index in [-0.39, 0.29) is 0 Å². The van der Waals surface area contributed by atoms with Gasteiger partial charge in [-0.1, -0.05) is 23.7 Å². The van der Waals surface area contributed by atoms with Crippen molar-refractivity contribution in [2.45, 2.75) is 4.90 Å². The number of hydrogen-bond acceptors (Lipinski definition) is 3. The summed E-state index contributed by atoms with van der Waals surface area (Å²) < 4.78 is 5.60. The molecule has 96 valence electrons. The summed E-state index contributed by atoms with van der Waals surface area (Å²) in [6.07, 6.45) is 0. The molecule has 0 spiro atoms. The molecule has 0 N–H and O–H groups in total. The van der Waals surface area contributed by atoms with Crippen molar-refractivity contribution in [1.29, 1.82) is 5.26 Å². The van der Waals surface area contributed by atoms with E-state index in [4.69, 9.17) is 21.6 Å². The van der Waals surface area contributed by atoms with Crippen molar-refractivity contribution in [2.75, 3.05) is 12.4 Å². The molecule has 2 nitrogen and oxygen atoms in total. The summed E-state index contributed by atoms with van der Waals surface area (Å²) in [5.74, 6) is 1.46. The number of thioether (sulfide) groups is 1. The highest BCUT2D eigenvalue weighted by molar-refractivity contribution is 7.99. The number of nitriles is 1. The molecule has 0 saturated carbocycles. The average Bonchev–Trinajstić information content (AvgIpc) is 2.46. The van der Waals surface area contributed by atoms with Crippen LogP contribution in [0, 0.1) is 11.3 Å². The molecule has 0 radical (unpaired) electrons. The Hall–Kier alpha value is -1.63. The molecule has 0 heterocycles. The zero-order chi connectivity index (χ0) is 13.5. The first-order chi connectivity index (χ1) is 9.29. The highest BCUT2D eigenvalue weighted by Gasteiger charge is 2.01. The fourth-order valence-electron chi connectivity index (χ4n) is 1.53. The molecule has 2 aromatic carbocycles. The Kier molecular flexibility index (Phi) is 5.14. The lowest BCUT2D eigenvalue weighted by Crippen LogP contribution is -2.01. The van der Waals surface area contributed by atoms with Gasteiger partial charge in [0.2, 0.25) is 0 Å². The number of rotatable bonds is 5. The van der Waals surface area contributed by atoms with Crippen molar-refractivity contribution in [3.05, 3.63) is 59.1 Å². The monoisotopic (exact) mass is 289 g/mol. The number of nitrogens with zero attached hydrogens (tertiary/aromatic N) is 1. The first-order valence-electron chi connectivity index (χ1n) is 5.80. The molecule has 0 unspecified atom stereocenters. The first kappa shape index (κ1) is 13.8.